The van der Waals surface area contributed by atoms with E-state index in [1.807, 2.05) is 25.7 Å². The zero-order valence-electron chi connectivity index (χ0n) is 7.63. The molecule has 0 saturated heterocycles. The highest BCUT2D eigenvalue weighted by molar-refractivity contribution is 5.12. The minimum absolute atomic E-state index is 0.856. The molecule has 0 bridgehead atoms. The van der Waals surface area contributed by atoms with Crippen LogP contribution in [-0.4, -0.2) is 28.8 Å². The fourth-order valence-electron chi connectivity index (χ4n) is 0.980. The normalized spacial score (nSPS) is 11.0. The monoisotopic (exact) mass is 153 g/mol. The van der Waals surface area contributed by atoms with E-state index in [0.717, 1.165) is 12.4 Å². The number of nitrogens with zero attached hydrogens (tertiary/aromatic N) is 3. The van der Waals surface area contributed by atoms with Crippen molar-refractivity contribution in [3.63, 3.8) is 0 Å². The number of hydrogen-bond donors (Lipinski definition) is 0. The Hall–Kier alpha value is -0.830. The van der Waals surface area contributed by atoms with Gasteiger partial charge in [0, 0.05) is 6.20 Å². The first-order chi connectivity index (χ1) is 5.09. The third kappa shape index (κ3) is 2.05. The van der Waals surface area contributed by atoms with Crippen LogP contribution < -0.4 is 0 Å². The minimum atomic E-state index is 0.856. The first-order valence-electron chi connectivity index (χ1n) is 3.75. The van der Waals surface area contributed by atoms with Crippen molar-refractivity contribution in [3.05, 3.63) is 17.5 Å². The van der Waals surface area contributed by atoms with Gasteiger partial charge in [-0.1, -0.05) is 0 Å². The van der Waals surface area contributed by atoms with Crippen molar-refractivity contribution in [2.45, 2.75) is 20.5 Å². The van der Waals surface area contributed by atoms with Crippen LogP contribution in [0.25, 0.3) is 0 Å². The molecular formula is C8H15N3. The summed E-state index contributed by atoms with van der Waals surface area (Å²) in [7, 11) is 4.07. The molecule has 0 fully saturated rings. The molecule has 0 unspecified atom stereocenters. The van der Waals surface area contributed by atoms with E-state index in [0.29, 0.717) is 0 Å². The first kappa shape index (κ1) is 8.27. The average Bonchev–Trinajstić information content (AvgIpc) is 2.10. The van der Waals surface area contributed by atoms with E-state index >= 15 is 0 Å². The van der Waals surface area contributed by atoms with Gasteiger partial charge in [-0.2, -0.15) is 5.10 Å². The number of hydrogen-bond acceptors (Lipinski definition) is 2. The van der Waals surface area contributed by atoms with Gasteiger partial charge in [-0.25, -0.2) is 0 Å². The SMILES string of the molecule is Cc1cn(CN(C)C)nc1C. The molecule has 0 amide bonds. The highest BCUT2D eigenvalue weighted by atomic mass is 15.4. The van der Waals surface area contributed by atoms with Gasteiger partial charge in [0.05, 0.1) is 12.4 Å². The maximum atomic E-state index is 4.33. The number of aromatic nitrogens is 2. The Morgan fingerprint density at radius 2 is 2.09 bits per heavy atom. The highest BCUT2D eigenvalue weighted by Gasteiger charge is 1.99. The minimum Gasteiger partial charge on any atom is -0.291 e. The molecule has 0 radical (unpaired) electrons. The molecule has 3 nitrogen and oxygen atoms in total. The van der Waals surface area contributed by atoms with Gasteiger partial charge >= 0.3 is 0 Å². The Balaban J connectivity index is 2.73. The molecule has 0 atom stereocenters. The first-order valence-corrected chi connectivity index (χ1v) is 3.75. The largest absolute Gasteiger partial charge is 0.291 e. The lowest BCUT2D eigenvalue weighted by Crippen LogP contribution is -2.17. The Kier molecular flexibility index (Phi) is 2.29. The van der Waals surface area contributed by atoms with Crippen LogP contribution in [0, 0.1) is 13.8 Å². The van der Waals surface area contributed by atoms with E-state index in [2.05, 4.69) is 23.1 Å². The molecule has 0 saturated carbocycles. The lowest BCUT2D eigenvalue weighted by Gasteiger charge is -2.08. The molecule has 1 aromatic heterocycles. The second-order valence-electron chi connectivity index (χ2n) is 3.16. The van der Waals surface area contributed by atoms with Gasteiger partial charge in [-0.15, -0.1) is 0 Å². The van der Waals surface area contributed by atoms with E-state index in [-0.39, 0.29) is 0 Å². The Labute approximate surface area is 67.6 Å². The number of rotatable bonds is 2. The fourth-order valence-corrected chi connectivity index (χ4v) is 0.980. The topological polar surface area (TPSA) is 21.1 Å². The van der Waals surface area contributed by atoms with Crippen molar-refractivity contribution in [1.29, 1.82) is 0 Å². The van der Waals surface area contributed by atoms with Crippen LogP contribution in [0.4, 0.5) is 0 Å². The lowest BCUT2D eigenvalue weighted by atomic mass is 10.3. The molecule has 62 valence electrons. The zero-order valence-corrected chi connectivity index (χ0v) is 7.63. The maximum absolute atomic E-state index is 4.33. The fraction of sp³-hybridized carbons (Fsp3) is 0.625. The summed E-state index contributed by atoms with van der Waals surface area (Å²) in [6.45, 7) is 4.96. The summed E-state index contributed by atoms with van der Waals surface area (Å²) in [6, 6.07) is 0. The van der Waals surface area contributed by atoms with Gasteiger partial charge in [-0.05, 0) is 33.5 Å². The van der Waals surface area contributed by atoms with Crippen LogP contribution in [0.15, 0.2) is 6.20 Å². The van der Waals surface area contributed by atoms with E-state index in [1.54, 1.807) is 0 Å². The van der Waals surface area contributed by atoms with Gasteiger partial charge in [0.15, 0.2) is 0 Å². The molecule has 0 aliphatic heterocycles. The van der Waals surface area contributed by atoms with E-state index < -0.39 is 0 Å². The second kappa shape index (κ2) is 3.05. The molecule has 1 aromatic rings. The standard InChI is InChI=1S/C8H15N3/c1-7-5-11(6-10(3)4)9-8(7)2/h5H,6H2,1-4H3. The van der Waals surface area contributed by atoms with Crippen molar-refractivity contribution in [2.75, 3.05) is 14.1 Å². The molecule has 1 heterocycles. The summed E-state index contributed by atoms with van der Waals surface area (Å²) in [5.74, 6) is 0. The van der Waals surface area contributed by atoms with Gasteiger partial charge in [0.1, 0.15) is 0 Å². The smallest absolute Gasteiger partial charge is 0.0923 e. The maximum Gasteiger partial charge on any atom is 0.0923 e. The van der Waals surface area contributed by atoms with Crippen molar-refractivity contribution < 1.29 is 0 Å². The molecule has 0 aromatic carbocycles. The van der Waals surface area contributed by atoms with Crippen molar-refractivity contribution in [2.24, 2.45) is 0 Å². The van der Waals surface area contributed by atoms with Crippen LogP contribution in [-0.2, 0) is 6.67 Å². The Morgan fingerprint density at radius 3 is 2.45 bits per heavy atom. The average molecular weight is 153 g/mol. The molecule has 0 spiro atoms. The van der Waals surface area contributed by atoms with E-state index in [4.69, 9.17) is 0 Å². The van der Waals surface area contributed by atoms with Gasteiger partial charge in [0.25, 0.3) is 0 Å². The van der Waals surface area contributed by atoms with E-state index in [1.165, 1.54) is 5.56 Å². The van der Waals surface area contributed by atoms with Gasteiger partial charge in [-0.3, -0.25) is 9.58 Å². The molecule has 3 heteroatoms. The van der Waals surface area contributed by atoms with Crippen molar-refractivity contribution >= 4 is 0 Å². The summed E-state index contributed by atoms with van der Waals surface area (Å²) in [5, 5.41) is 4.33. The Bertz CT molecular complexity index is 218. The molecule has 0 aliphatic carbocycles. The molecule has 11 heavy (non-hydrogen) atoms. The van der Waals surface area contributed by atoms with Crippen LogP contribution in [0.5, 0.6) is 0 Å². The quantitative estimate of drug-likeness (QED) is 0.632. The Morgan fingerprint density at radius 1 is 1.45 bits per heavy atom. The summed E-state index contributed by atoms with van der Waals surface area (Å²) < 4.78 is 1.95. The van der Waals surface area contributed by atoms with Crippen LogP contribution >= 0.6 is 0 Å². The lowest BCUT2D eigenvalue weighted by molar-refractivity contribution is 0.306. The van der Waals surface area contributed by atoms with Crippen LogP contribution in [0.3, 0.4) is 0 Å². The summed E-state index contributed by atoms with van der Waals surface area (Å²) in [6.07, 6.45) is 2.06. The van der Waals surface area contributed by atoms with Crippen LogP contribution in [0.1, 0.15) is 11.3 Å². The number of aryl methyl sites for hydroxylation is 2. The molecular weight excluding hydrogens is 138 g/mol. The third-order valence-electron chi connectivity index (χ3n) is 1.62. The van der Waals surface area contributed by atoms with Crippen LogP contribution in [0.2, 0.25) is 0 Å². The summed E-state index contributed by atoms with van der Waals surface area (Å²) in [5.41, 5.74) is 2.37. The second-order valence-corrected chi connectivity index (χ2v) is 3.16. The summed E-state index contributed by atoms with van der Waals surface area (Å²) in [4.78, 5) is 2.09. The predicted octanol–water partition coefficient (Wildman–Crippen LogP) is 1.02. The zero-order chi connectivity index (χ0) is 8.43. The van der Waals surface area contributed by atoms with E-state index in [9.17, 15) is 0 Å². The molecule has 0 aliphatic rings. The molecule has 0 N–H and O–H groups in total. The third-order valence-corrected chi connectivity index (χ3v) is 1.62. The van der Waals surface area contributed by atoms with Crippen molar-refractivity contribution in [3.8, 4) is 0 Å². The van der Waals surface area contributed by atoms with Gasteiger partial charge < -0.3 is 0 Å². The summed E-state index contributed by atoms with van der Waals surface area (Å²) >= 11 is 0. The highest BCUT2D eigenvalue weighted by Crippen LogP contribution is 2.02. The predicted molar refractivity (Wildman–Crippen MR) is 45.4 cm³/mol. The van der Waals surface area contributed by atoms with Crippen molar-refractivity contribution in [1.82, 2.24) is 14.7 Å². The van der Waals surface area contributed by atoms with Gasteiger partial charge in [0.2, 0.25) is 0 Å². The molecule has 1 rings (SSSR count).